The first kappa shape index (κ1) is 21.1. The molecule has 134 valence electrons. The van der Waals surface area contributed by atoms with Crippen molar-refractivity contribution in [2.24, 2.45) is 0 Å². The van der Waals surface area contributed by atoms with Gasteiger partial charge in [-0.1, -0.05) is 0 Å². The van der Waals surface area contributed by atoms with Crippen LogP contribution in [0.3, 0.4) is 0 Å². The standard InChI is InChI=1S/C8H6F12O2/c1-2(9)3(10,21)4(11,12)5(13,14)6(15,16)7(17,18)8(19,20)22/h2,21-22H,1H3. The molecule has 0 aliphatic carbocycles. The molecule has 0 fully saturated rings. The van der Waals surface area contributed by atoms with Crippen molar-refractivity contribution in [2.75, 3.05) is 0 Å². The summed E-state index contributed by atoms with van der Waals surface area (Å²) >= 11 is 0. The van der Waals surface area contributed by atoms with E-state index in [1.54, 1.807) is 0 Å². The molecule has 0 radical (unpaired) electrons. The summed E-state index contributed by atoms with van der Waals surface area (Å²) in [4.78, 5) is 0. The van der Waals surface area contributed by atoms with Gasteiger partial charge in [0.15, 0.2) is 6.17 Å². The number of alkyl halides is 12. The zero-order valence-corrected chi connectivity index (χ0v) is 10.0. The lowest BCUT2D eigenvalue weighted by Gasteiger charge is -2.41. The Morgan fingerprint density at radius 2 is 0.864 bits per heavy atom. The number of rotatable bonds is 6. The molecule has 0 aliphatic heterocycles. The minimum absolute atomic E-state index is 0.360. The zero-order valence-electron chi connectivity index (χ0n) is 10.0. The van der Waals surface area contributed by atoms with Crippen molar-refractivity contribution in [1.29, 1.82) is 0 Å². The average molecular weight is 362 g/mol. The normalized spacial score (nSPS) is 19.8. The molecule has 22 heavy (non-hydrogen) atoms. The maximum absolute atomic E-state index is 12.9. The Labute approximate surface area is 113 Å². The fourth-order valence-corrected chi connectivity index (χ4v) is 1.05. The maximum Gasteiger partial charge on any atom is 0.423 e. The molecule has 2 nitrogen and oxygen atoms in total. The van der Waals surface area contributed by atoms with Gasteiger partial charge >= 0.3 is 35.7 Å². The van der Waals surface area contributed by atoms with E-state index >= 15 is 0 Å². The molecule has 0 aliphatic rings. The van der Waals surface area contributed by atoms with Crippen molar-refractivity contribution >= 4 is 0 Å². The summed E-state index contributed by atoms with van der Waals surface area (Å²) < 4.78 is 151. The van der Waals surface area contributed by atoms with Gasteiger partial charge in [-0.15, -0.1) is 0 Å². The van der Waals surface area contributed by atoms with Crippen LogP contribution in [0.4, 0.5) is 52.7 Å². The van der Waals surface area contributed by atoms with Gasteiger partial charge in [-0.3, -0.25) is 0 Å². The molecule has 0 amide bonds. The van der Waals surface area contributed by atoms with E-state index in [2.05, 4.69) is 0 Å². The Balaban J connectivity index is 6.24. The first-order valence-electron chi connectivity index (χ1n) is 4.86. The highest BCUT2D eigenvalue weighted by atomic mass is 19.4. The lowest BCUT2D eigenvalue weighted by Crippen LogP contribution is -2.72. The summed E-state index contributed by atoms with van der Waals surface area (Å²) in [6.07, 6.45) is -10.9. The van der Waals surface area contributed by atoms with Crippen LogP contribution in [-0.2, 0) is 0 Å². The highest BCUT2D eigenvalue weighted by Gasteiger charge is 2.90. The molecule has 2 unspecified atom stereocenters. The van der Waals surface area contributed by atoms with Crippen molar-refractivity contribution in [2.45, 2.75) is 48.7 Å². The number of hydrogen-bond acceptors (Lipinski definition) is 2. The lowest BCUT2D eigenvalue weighted by atomic mass is 9.91. The first-order valence-corrected chi connectivity index (χ1v) is 4.86. The molecular formula is C8H6F12O2. The molecule has 14 heteroatoms. The lowest BCUT2D eigenvalue weighted by molar-refractivity contribution is -0.459. The Morgan fingerprint density at radius 3 is 1.09 bits per heavy atom. The highest BCUT2D eigenvalue weighted by Crippen LogP contribution is 2.59. The smallest absolute Gasteiger partial charge is 0.355 e. The van der Waals surface area contributed by atoms with Gasteiger partial charge in [0.05, 0.1) is 0 Å². The van der Waals surface area contributed by atoms with Gasteiger partial charge in [0.2, 0.25) is 0 Å². The van der Waals surface area contributed by atoms with E-state index in [0.717, 1.165) is 0 Å². The zero-order chi connectivity index (χ0) is 18.6. The maximum atomic E-state index is 12.9. The molecule has 0 rings (SSSR count). The van der Waals surface area contributed by atoms with Crippen LogP contribution in [0, 0.1) is 0 Å². The van der Waals surface area contributed by atoms with Crippen LogP contribution in [0.5, 0.6) is 0 Å². The largest absolute Gasteiger partial charge is 0.423 e. The topological polar surface area (TPSA) is 40.5 Å². The molecule has 0 aromatic carbocycles. The average Bonchev–Trinajstić information content (AvgIpc) is 2.25. The van der Waals surface area contributed by atoms with Gasteiger partial charge in [-0.25, -0.2) is 8.78 Å². The molecule has 0 aromatic heterocycles. The van der Waals surface area contributed by atoms with E-state index in [1.165, 1.54) is 0 Å². The predicted molar refractivity (Wildman–Crippen MR) is 43.6 cm³/mol. The second-order valence-electron chi connectivity index (χ2n) is 4.13. The van der Waals surface area contributed by atoms with Crippen LogP contribution >= 0.6 is 0 Å². The molecule has 0 heterocycles. The minimum Gasteiger partial charge on any atom is -0.355 e. The summed E-state index contributed by atoms with van der Waals surface area (Å²) in [7, 11) is 0. The molecule has 2 N–H and O–H groups in total. The van der Waals surface area contributed by atoms with Gasteiger partial charge in [-0.2, -0.15) is 43.9 Å². The van der Waals surface area contributed by atoms with Crippen molar-refractivity contribution in [3.63, 3.8) is 0 Å². The van der Waals surface area contributed by atoms with Gasteiger partial charge in [-0.05, 0) is 6.92 Å². The summed E-state index contributed by atoms with van der Waals surface area (Å²) in [5.41, 5.74) is 0. The summed E-state index contributed by atoms with van der Waals surface area (Å²) in [5, 5.41) is 15.6. The van der Waals surface area contributed by atoms with E-state index < -0.39 is 41.8 Å². The fraction of sp³-hybridized carbons (Fsp3) is 1.00. The van der Waals surface area contributed by atoms with Gasteiger partial charge in [0.1, 0.15) is 0 Å². The van der Waals surface area contributed by atoms with Crippen molar-refractivity contribution in [3.05, 3.63) is 0 Å². The molecule has 0 saturated heterocycles. The van der Waals surface area contributed by atoms with Crippen LogP contribution in [0.1, 0.15) is 6.92 Å². The van der Waals surface area contributed by atoms with Crippen LogP contribution in [-0.4, -0.2) is 52.0 Å². The molecule has 0 aromatic rings. The Morgan fingerprint density at radius 1 is 0.591 bits per heavy atom. The Hall–Kier alpha value is -0.920. The molecular weight excluding hydrogens is 356 g/mol. The third-order valence-electron chi connectivity index (χ3n) is 2.53. The third kappa shape index (κ3) is 2.49. The van der Waals surface area contributed by atoms with E-state index in [-0.39, 0.29) is 6.92 Å². The van der Waals surface area contributed by atoms with Crippen LogP contribution < -0.4 is 0 Å². The van der Waals surface area contributed by atoms with Gasteiger partial charge in [0, 0.05) is 0 Å². The highest BCUT2D eigenvalue weighted by molar-refractivity contribution is 5.10. The quantitative estimate of drug-likeness (QED) is 0.713. The predicted octanol–water partition coefficient (Wildman–Crippen LogP) is 3.13. The summed E-state index contributed by atoms with van der Waals surface area (Å²) in [6, 6.07) is 0. The number of halogens is 12. The molecule has 0 spiro atoms. The van der Waals surface area contributed by atoms with Crippen molar-refractivity contribution < 1.29 is 62.9 Å². The van der Waals surface area contributed by atoms with Crippen LogP contribution in [0.25, 0.3) is 0 Å². The van der Waals surface area contributed by atoms with E-state index in [9.17, 15) is 52.7 Å². The van der Waals surface area contributed by atoms with Gasteiger partial charge < -0.3 is 10.2 Å². The number of hydrogen-bond donors (Lipinski definition) is 2. The SMILES string of the molecule is CC(F)C(O)(F)C(F)(F)C(F)(F)C(F)(F)C(F)(F)C(O)(F)F. The van der Waals surface area contributed by atoms with E-state index in [4.69, 9.17) is 10.2 Å². The minimum atomic E-state index is -7.78. The summed E-state index contributed by atoms with van der Waals surface area (Å²) in [5.74, 6) is -36.4. The van der Waals surface area contributed by atoms with Crippen LogP contribution in [0.2, 0.25) is 0 Å². The van der Waals surface area contributed by atoms with Gasteiger partial charge in [0.25, 0.3) is 0 Å². The second-order valence-corrected chi connectivity index (χ2v) is 4.13. The second kappa shape index (κ2) is 5.04. The van der Waals surface area contributed by atoms with Crippen molar-refractivity contribution in [1.82, 2.24) is 0 Å². The fourth-order valence-electron chi connectivity index (χ4n) is 1.05. The van der Waals surface area contributed by atoms with Crippen molar-refractivity contribution in [3.8, 4) is 0 Å². The summed E-state index contributed by atoms with van der Waals surface area (Å²) in [6.45, 7) is -0.360. The monoisotopic (exact) mass is 362 g/mol. The first-order chi connectivity index (χ1) is 9.19. The molecule has 0 bridgehead atoms. The number of aliphatic hydroxyl groups is 2. The van der Waals surface area contributed by atoms with Crippen LogP contribution in [0.15, 0.2) is 0 Å². The Bertz CT molecular complexity index is 410. The molecule has 2 atom stereocenters. The van der Waals surface area contributed by atoms with E-state index in [0.29, 0.717) is 0 Å². The molecule has 0 saturated carbocycles. The third-order valence-corrected chi connectivity index (χ3v) is 2.53. The van der Waals surface area contributed by atoms with E-state index in [1.807, 2.05) is 0 Å². The Kier molecular flexibility index (Phi) is 4.83.